The van der Waals surface area contributed by atoms with Crippen molar-refractivity contribution in [2.45, 2.75) is 31.8 Å². The number of hydrogen-bond donors (Lipinski definition) is 1. The normalized spacial score (nSPS) is 13.7. The van der Waals surface area contributed by atoms with Crippen molar-refractivity contribution in [3.63, 3.8) is 0 Å². The number of nitrogens with zero attached hydrogens (tertiary/aromatic N) is 3. The Bertz CT molecular complexity index is 563. The number of hydrogen-bond acceptors (Lipinski definition) is 3. The Labute approximate surface area is 113 Å². The molecule has 4 heteroatoms. The van der Waals surface area contributed by atoms with Crippen molar-refractivity contribution in [1.29, 1.82) is 5.26 Å². The van der Waals surface area contributed by atoms with E-state index in [4.69, 9.17) is 11.0 Å². The van der Waals surface area contributed by atoms with Gasteiger partial charge in [0, 0.05) is 18.3 Å². The SMILES string of the molecule is CC(N)(C#N)CCCn1cc(-c2ccccc2)cn1. The van der Waals surface area contributed by atoms with Gasteiger partial charge in [-0.05, 0) is 25.3 Å². The van der Waals surface area contributed by atoms with Gasteiger partial charge in [0.05, 0.1) is 12.3 Å². The second-order valence-electron chi connectivity index (χ2n) is 4.99. The number of rotatable bonds is 5. The summed E-state index contributed by atoms with van der Waals surface area (Å²) in [5, 5.41) is 13.2. The average Bonchev–Trinajstić information content (AvgIpc) is 2.88. The summed E-state index contributed by atoms with van der Waals surface area (Å²) in [4.78, 5) is 0. The minimum Gasteiger partial charge on any atom is -0.314 e. The van der Waals surface area contributed by atoms with Gasteiger partial charge in [0.25, 0.3) is 0 Å². The molecule has 98 valence electrons. The summed E-state index contributed by atoms with van der Waals surface area (Å²) >= 11 is 0. The molecule has 1 atom stereocenters. The third-order valence-corrected chi connectivity index (χ3v) is 3.08. The van der Waals surface area contributed by atoms with Crippen molar-refractivity contribution in [3.05, 3.63) is 42.7 Å². The number of nitrogens with two attached hydrogens (primary N) is 1. The quantitative estimate of drug-likeness (QED) is 0.891. The second kappa shape index (κ2) is 5.68. The maximum atomic E-state index is 8.85. The van der Waals surface area contributed by atoms with Gasteiger partial charge in [-0.3, -0.25) is 4.68 Å². The molecule has 0 aliphatic rings. The van der Waals surface area contributed by atoms with Crippen LogP contribution in [0.5, 0.6) is 0 Å². The van der Waals surface area contributed by atoms with E-state index < -0.39 is 5.54 Å². The van der Waals surface area contributed by atoms with E-state index >= 15 is 0 Å². The fourth-order valence-corrected chi connectivity index (χ4v) is 1.93. The van der Waals surface area contributed by atoms with Crippen molar-refractivity contribution < 1.29 is 0 Å². The van der Waals surface area contributed by atoms with Gasteiger partial charge in [-0.25, -0.2) is 0 Å². The van der Waals surface area contributed by atoms with Crippen molar-refractivity contribution in [3.8, 4) is 17.2 Å². The predicted octanol–water partition coefficient (Wildman–Crippen LogP) is 2.57. The number of benzene rings is 1. The van der Waals surface area contributed by atoms with Gasteiger partial charge in [-0.2, -0.15) is 10.4 Å². The zero-order valence-electron chi connectivity index (χ0n) is 11.1. The van der Waals surface area contributed by atoms with Gasteiger partial charge in [-0.1, -0.05) is 30.3 Å². The molecule has 0 fully saturated rings. The molecule has 2 rings (SSSR count). The van der Waals surface area contributed by atoms with Crippen LogP contribution in [0.15, 0.2) is 42.7 Å². The van der Waals surface area contributed by atoms with E-state index in [0.29, 0.717) is 6.42 Å². The highest BCUT2D eigenvalue weighted by molar-refractivity contribution is 5.61. The third-order valence-electron chi connectivity index (χ3n) is 3.08. The maximum Gasteiger partial charge on any atom is 0.101 e. The first kappa shape index (κ1) is 13.3. The minimum absolute atomic E-state index is 0.671. The standard InChI is InChI=1S/C15H18N4/c1-15(17,12-16)8-5-9-19-11-14(10-18-19)13-6-3-2-4-7-13/h2-4,6-7,10-11H,5,8-9,17H2,1H3. The Balaban J connectivity index is 1.94. The molecule has 0 amide bonds. The molecule has 0 radical (unpaired) electrons. The Morgan fingerprint density at radius 3 is 2.74 bits per heavy atom. The Morgan fingerprint density at radius 2 is 2.05 bits per heavy atom. The summed E-state index contributed by atoms with van der Waals surface area (Å²) in [7, 11) is 0. The lowest BCUT2D eigenvalue weighted by molar-refractivity contribution is 0.472. The molecule has 2 N–H and O–H groups in total. The molecule has 4 nitrogen and oxygen atoms in total. The highest BCUT2D eigenvalue weighted by atomic mass is 15.3. The molecular formula is C15H18N4. The monoisotopic (exact) mass is 254 g/mol. The van der Waals surface area contributed by atoms with E-state index in [2.05, 4.69) is 23.3 Å². The first-order chi connectivity index (χ1) is 9.11. The van der Waals surface area contributed by atoms with E-state index in [1.54, 1.807) is 6.92 Å². The van der Waals surface area contributed by atoms with Crippen LogP contribution in [-0.4, -0.2) is 15.3 Å². The van der Waals surface area contributed by atoms with Crippen LogP contribution in [0.1, 0.15) is 19.8 Å². The molecule has 0 saturated carbocycles. The summed E-state index contributed by atoms with van der Waals surface area (Å²) < 4.78 is 1.90. The van der Waals surface area contributed by atoms with Crippen LogP contribution in [0.4, 0.5) is 0 Å². The Kier molecular flexibility index (Phi) is 3.98. The van der Waals surface area contributed by atoms with Crippen molar-refractivity contribution >= 4 is 0 Å². The lowest BCUT2D eigenvalue weighted by Gasteiger charge is -2.14. The maximum absolute atomic E-state index is 8.85. The van der Waals surface area contributed by atoms with Crippen LogP contribution in [0, 0.1) is 11.3 Å². The van der Waals surface area contributed by atoms with Gasteiger partial charge in [0.2, 0.25) is 0 Å². The molecular weight excluding hydrogens is 236 g/mol. The highest BCUT2D eigenvalue weighted by Gasteiger charge is 2.16. The zero-order chi connectivity index (χ0) is 13.7. The van der Waals surface area contributed by atoms with Gasteiger partial charge in [0.1, 0.15) is 5.54 Å². The summed E-state index contributed by atoms with van der Waals surface area (Å²) in [6.45, 7) is 2.53. The predicted molar refractivity (Wildman–Crippen MR) is 75.1 cm³/mol. The molecule has 0 aliphatic carbocycles. The van der Waals surface area contributed by atoms with Gasteiger partial charge in [0.15, 0.2) is 0 Å². The topological polar surface area (TPSA) is 67.6 Å². The Morgan fingerprint density at radius 1 is 1.32 bits per heavy atom. The molecule has 0 aliphatic heterocycles. The van der Waals surface area contributed by atoms with E-state index in [-0.39, 0.29) is 0 Å². The van der Waals surface area contributed by atoms with E-state index in [1.165, 1.54) is 0 Å². The number of nitriles is 1. The fraction of sp³-hybridized carbons (Fsp3) is 0.333. The average molecular weight is 254 g/mol. The first-order valence-electron chi connectivity index (χ1n) is 6.39. The molecule has 1 unspecified atom stereocenters. The largest absolute Gasteiger partial charge is 0.314 e. The lowest BCUT2D eigenvalue weighted by Crippen LogP contribution is -2.34. The second-order valence-corrected chi connectivity index (χ2v) is 4.99. The number of aromatic nitrogens is 2. The van der Waals surface area contributed by atoms with E-state index in [1.807, 2.05) is 35.3 Å². The van der Waals surface area contributed by atoms with Crippen LogP contribution in [-0.2, 0) is 6.54 Å². The van der Waals surface area contributed by atoms with Crippen LogP contribution >= 0.6 is 0 Å². The summed E-state index contributed by atoms with van der Waals surface area (Å²) in [5.74, 6) is 0. The molecule has 1 aromatic carbocycles. The smallest absolute Gasteiger partial charge is 0.101 e. The van der Waals surface area contributed by atoms with Crippen LogP contribution in [0.3, 0.4) is 0 Å². The first-order valence-corrected chi connectivity index (χ1v) is 6.39. The van der Waals surface area contributed by atoms with Crippen molar-refractivity contribution in [1.82, 2.24) is 9.78 Å². The van der Waals surface area contributed by atoms with E-state index in [9.17, 15) is 0 Å². The Hall–Kier alpha value is -2.12. The van der Waals surface area contributed by atoms with Crippen LogP contribution in [0.25, 0.3) is 11.1 Å². The summed E-state index contributed by atoms with van der Waals surface area (Å²) in [6.07, 6.45) is 5.40. The van der Waals surface area contributed by atoms with Gasteiger partial charge >= 0.3 is 0 Å². The molecule has 19 heavy (non-hydrogen) atoms. The van der Waals surface area contributed by atoms with Crippen LogP contribution in [0.2, 0.25) is 0 Å². The van der Waals surface area contributed by atoms with E-state index in [0.717, 1.165) is 24.1 Å². The zero-order valence-corrected chi connectivity index (χ0v) is 11.1. The molecule has 0 spiro atoms. The fourth-order valence-electron chi connectivity index (χ4n) is 1.93. The molecule has 0 bridgehead atoms. The summed E-state index contributed by atoms with van der Waals surface area (Å²) in [5.41, 5.74) is 7.31. The molecule has 0 saturated heterocycles. The number of aryl methyl sites for hydroxylation is 1. The minimum atomic E-state index is -0.741. The molecule has 1 heterocycles. The third kappa shape index (κ3) is 3.67. The molecule has 1 aromatic heterocycles. The van der Waals surface area contributed by atoms with Gasteiger partial charge in [-0.15, -0.1) is 0 Å². The van der Waals surface area contributed by atoms with Crippen molar-refractivity contribution in [2.24, 2.45) is 5.73 Å². The van der Waals surface area contributed by atoms with Gasteiger partial charge < -0.3 is 5.73 Å². The highest BCUT2D eigenvalue weighted by Crippen LogP contribution is 2.18. The van der Waals surface area contributed by atoms with Crippen LogP contribution < -0.4 is 5.73 Å². The molecule has 2 aromatic rings. The summed E-state index contributed by atoms with van der Waals surface area (Å²) in [6, 6.07) is 12.3. The van der Waals surface area contributed by atoms with Crippen molar-refractivity contribution in [2.75, 3.05) is 0 Å². The lowest BCUT2D eigenvalue weighted by atomic mass is 9.99.